The molecule has 0 amide bonds. The first kappa shape index (κ1) is 15.2. The van der Waals surface area contributed by atoms with E-state index < -0.39 is 8.77 Å². The van der Waals surface area contributed by atoms with Gasteiger partial charge in [-0.1, -0.05) is 41.5 Å². The lowest BCUT2D eigenvalue weighted by molar-refractivity contribution is 0.560. The van der Waals surface area contributed by atoms with E-state index in [2.05, 4.69) is 18.2 Å². The van der Waals surface area contributed by atoms with Crippen molar-refractivity contribution in [3.63, 3.8) is 0 Å². The third kappa shape index (κ3) is 3.45. The van der Waals surface area contributed by atoms with Gasteiger partial charge in [-0.3, -0.25) is 0 Å². The molecule has 106 valence electrons. The second-order valence-corrected chi connectivity index (χ2v) is 7.94. The predicted molar refractivity (Wildman–Crippen MR) is 86.3 cm³/mol. The van der Waals surface area contributed by atoms with Crippen molar-refractivity contribution < 1.29 is 8.76 Å². The summed E-state index contributed by atoms with van der Waals surface area (Å²) in [6.45, 7) is 6.06. The van der Waals surface area contributed by atoms with Gasteiger partial charge >= 0.3 is 0 Å². The summed E-state index contributed by atoms with van der Waals surface area (Å²) in [6, 6.07) is 11.7. The van der Waals surface area contributed by atoms with Gasteiger partial charge in [0.2, 0.25) is 0 Å². The lowest BCUT2D eigenvalue weighted by atomic mass is 9.98. The first-order chi connectivity index (χ1) is 9.27. The van der Waals surface area contributed by atoms with Crippen molar-refractivity contribution in [3.05, 3.63) is 64.2 Å². The third-order valence-corrected chi connectivity index (χ3v) is 4.87. The Morgan fingerprint density at radius 1 is 1.00 bits per heavy atom. The number of aryl methyl sites for hydroxylation is 3. The average Bonchev–Trinajstić information content (AvgIpc) is 2.32. The Hall–Kier alpha value is -1.23. The van der Waals surface area contributed by atoms with Gasteiger partial charge < -0.3 is 4.55 Å². The molecule has 0 aliphatic heterocycles. The second kappa shape index (κ2) is 5.64. The maximum Gasteiger partial charge on any atom is 0.171 e. The van der Waals surface area contributed by atoms with E-state index in [9.17, 15) is 8.76 Å². The smallest absolute Gasteiger partial charge is 0.171 e. The minimum atomic E-state index is -3.36. The highest BCUT2D eigenvalue weighted by Gasteiger charge is 2.13. The molecule has 0 saturated heterocycles. The Kier molecular flexibility index (Phi) is 4.28. The van der Waals surface area contributed by atoms with Crippen molar-refractivity contribution in [2.75, 3.05) is 0 Å². The summed E-state index contributed by atoms with van der Waals surface area (Å²) >= 11 is 4.74. The summed E-state index contributed by atoms with van der Waals surface area (Å²) in [5.74, 6) is 0. The standard InChI is InChI=1S/C16H18O2S2/c1-11-4-6-13(3)14(8-11)10-15-9-12(2)5-7-16(15)20(17,18)19/h4-9H,10H2,1-3H3,(H,17,18,19). The summed E-state index contributed by atoms with van der Waals surface area (Å²) in [5.41, 5.74) is 5.42. The molecule has 0 radical (unpaired) electrons. The molecular weight excluding hydrogens is 288 g/mol. The first-order valence-corrected chi connectivity index (χ1v) is 8.84. The maximum absolute atomic E-state index is 11.8. The molecule has 2 rings (SSSR count). The molecular formula is C16H18O2S2. The van der Waals surface area contributed by atoms with E-state index in [1.165, 1.54) is 11.1 Å². The lowest BCUT2D eigenvalue weighted by Crippen LogP contribution is -2.04. The minimum absolute atomic E-state index is 0.360. The molecule has 0 spiro atoms. The zero-order valence-electron chi connectivity index (χ0n) is 11.8. The summed E-state index contributed by atoms with van der Waals surface area (Å²) < 4.78 is 21.5. The van der Waals surface area contributed by atoms with Gasteiger partial charge in [-0.25, -0.2) is 4.21 Å². The highest BCUT2D eigenvalue weighted by Crippen LogP contribution is 2.23. The fourth-order valence-corrected chi connectivity index (χ4v) is 3.48. The van der Waals surface area contributed by atoms with Crippen molar-refractivity contribution in [2.24, 2.45) is 0 Å². The summed E-state index contributed by atoms with van der Waals surface area (Å²) in [5, 5.41) is 0. The van der Waals surface area contributed by atoms with E-state index in [-0.39, 0.29) is 0 Å². The Balaban J connectivity index is 2.53. The highest BCUT2D eigenvalue weighted by atomic mass is 32.8. The molecule has 0 saturated carbocycles. The normalized spacial score (nSPS) is 14.0. The van der Waals surface area contributed by atoms with Crippen LogP contribution in [0.5, 0.6) is 0 Å². The largest absolute Gasteiger partial charge is 0.302 e. The quantitative estimate of drug-likeness (QED) is 0.937. The van der Waals surface area contributed by atoms with E-state index in [4.69, 9.17) is 11.2 Å². The molecule has 1 atom stereocenters. The van der Waals surface area contributed by atoms with E-state index >= 15 is 0 Å². The third-order valence-electron chi connectivity index (χ3n) is 3.38. The Morgan fingerprint density at radius 3 is 2.15 bits per heavy atom. The summed E-state index contributed by atoms with van der Waals surface area (Å²) in [4.78, 5) is 0.360. The molecule has 2 nitrogen and oxygen atoms in total. The van der Waals surface area contributed by atoms with Crippen LogP contribution in [0.1, 0.15) is 27.8 Å². The zero-order valence-corrected chi connectivity index (χ0v) is 13.5. The van der Waals surface area contributed by atoms with Crippen LogP contribution >= 0.6 is 0 Å². The van der Waals surface area contributed by atoms with Gasteiger partial charge in [0.05, 0.1) is 4.90 Å². The van der Waals surface area contributed by atoms with Crippen LogP contribution in [0, 0.1) is 20.8 Å². The van der Waals surface area contributed by atoms with Crippen molar-refractivity contribution >= 4 is 20.0 Å². The van der Waals surface area contributed by atoms with Gasteiger partial charge in [0.25, 0.3) is 0 Å². The van der Waals surface area contributed by atoms with E-state index in [0.717, 1.165) is 16.7 Å². The van der Waals surface area contributed by atoms with Crippen LogP contribution in [0.2, 0.25) is 0 Å². The molecule has 0 aliphatic rings. The van der Waals surface area contributed by atoms with Crippen molar-refractivity contribution in [1.82, 2.24) is 0 Å². The van der Waals surface area contributed by atoms with Gasteiger partial charge in [0.15, 0.2) is 8.77 Å². The Labute approximate surface area is 125 Å². The van der Waals surface area contributed by atoms with Crippen LogP contribution in [0.4, 0.5) is 0 Å². The van der Waals surface area contributed by atoms with Crippen LogP contribution < -0.4 is 0 Å². The van der Waals surface area contributed by atoms with Crippen molar-refractivity contribution in [2.45, 2.75) is 32.1 Å². The molecule has 1 unspecified atom stereocenters. The van der Waals surface area contributed by atoms with Crippen LogP contribution in [0.25, 0.3) is 0 Å². The fraction of sp³-hybridized carbons (Fsp3) is 0.250. The molecule has 0 fully saturated rings. The van der Waals surface area contributed by atoms with E-state index in [1.54, 1.807) is 6.07 Å². The average molecular weight is 306 g/mol. The molecule has 2 aromatic rings. The SMILES string of the molecule is Cc1ccc(C)c(Cc2cc(C)ccc2S(=O)(O)=S)c1. The van der Waals surface area contributed by atoms with E-state index in [1.807, 2.05) is 32.9 Å². The monoisotopic (exact) mass is 306 g/mol. The summed E-state index contributed by atoms with van der Waals surface area (Å²) in [7, 11) is -3.36. The number of hydrogen-bond acceptors (Lipinski definition) is 2. The zero-order chi connectivity index (χ0) is 14.9. The minimum Gasteiger partial charge on any atom is -0.302 e. The molecule has 0 bridgehead atoms. The molecule has 1 N–H and O–H groups in total. The maximum atomic E-state index is 11.8. The Bertz CT molecular complexity index is 747. The molecule has 4 heteroatoms. The summed E-state index contributed by atoms with van der Waals surface area (Å²) in [6.07, 6.45) is 0.624. The van der Waals surface area contributed by atoms with Gasteiger partial charge in [-0.2, -0.15) is 0 Å². The fourth-order valence-electron chi connectivity index (χ4n) is 2.29. The molecule has 20 heavy (non-hydrogen) atoms. The van der Waals surface area contributed by atoms with Crippen molar-refractivity contribution in [1.29, 1.82) is 0 Å². The van der Waals surface area contributed by atoms with Gasteiger partial charge in [-0.15, -0.1) is 0 Å². The second-order valence-electron chi connectivity index (χ2n) is 5.19. The van der Waals surface area contributed by atoms with Crippen LogP contribution in [-0.4, -0.2) is 8.76 Å². The highest BCUT2D eigenvalue weighted by molar-refractivity contribution is 8.29. The number of rotatable bonds is 3. The van der Waals surface area contributed by atoms with Crippen LogP contribution in [0.3, 0.4) is 0 Å². The van der Waals surface area contributed by atoms with Gasteiger partial charge in [0.1, 0.15) is 0 Å². The molecule has 0 aromatic heterocycles. The first-order valence-electron chi connectivity index (χ1n) is 6.40. The van der Waals surface area contributed by atoms with Crippen LogP contribution in [0.15, 0.2) is 41.3 Å². The number of benzene rings is 2. The van der Waals surface area contributed by atoms with Crippen LogP contribution in [-0.2, 0) is 26.4 Å². The topological polar surface area (TPSA) is 37.3 Å². The lowest BCUT2D eigenvalue weighted by Gasteiger charge is -2.12. The van der Waals surface area contributed by atoms with Gasteiger partial charge in [-0.05, 0) is 49.9 Å². The predicted octanol–water partition coefficient (Wildman–Crippen LogP) is 3.78. The molecule has 0 heterocycles. The molecule has 2 aromatic carbocycles. The van der Waals surface area contributed by atoms with E-state index in [0.29, 0.717) is 11.3 Å². The number of hydrogen-bond donors (Lipinski definition) is 1. The molecule has 0 aliphatic carbocycles. The van der Waals surface area contributed by atoms with Crippen molar-refractivity contribution in [3.8, 4) is 0 Å². The Morgan fingerprint density at radius 2 is 1.55 bits per heavy atom. The van der Waals surface area contributed by atoms with Gasteiger partial charge in [0, 0.05) is 11.2 Å².